The minimum atomic E-state index is -4.35. The molecule has 0 bridgehead atoms. The summed E-state index contributed by atoms with van der Waals surface area (Å²) < 4.78 is 28.3. The first-order valence-corrected chi connectivity index (χ1v) is 18.2. The molecule has 2 amide bonds. The van der Waals surface area contributed by atoms with Gasteiger partial charge in [0, 0.05) is 37.4 Å². The molecule has 1 aliphatic rings. The zero-order valence-electron chi connectivity index (χ0n) is 25.1. The molecule has 0 aromatic carbocycles. The molecular weight excluding hydrogens is 563 g/mol. The van der Waals surface area contributed by atoms with Gasteiger partial charge < -0.3 is 9.63 Å². The molecule has 41 heavy (non-hydrogen) atoms. The summed E-state index contributed by atoms with van der Waals surface area (Å²) in [4.78, 5) is 39.8. The molecule has 236 valence electrons. The number of carbonyl (C=O) groups excluding carboxylic acids is 2. The Hall–Kier alpha value is -1.16. The topological polar surface area (TPSA) is 115 Å². The van der Waals surface area contributed by atoms with Gasteiger partial charge in [0.05, 0.1) is 30.9 Å². The number of rotatable bonds is 27. The van der Waals surface area contributed by atoms with Crippen LogP contribution < -0.4 is 0 Å². The van der Waals surface area contributed by atoms with Crippen LogP contribution in [0.2, 0.25) is 0 Å². The molecular formula is C30H53N2O7PS. The lowest BCUT2D eigenvalue weighted by atomic mass is 10.0. The largest absolute Gasteiger partial charge is 0.472 e. The molecule has 0 aliphatic carbocycles. The lowest BCUT2D eigenvalue weighted by Crippen LogP contribution is -2.45. The summed E-state index contributed by atoms with van der Waals surface area (Å²) >= 11 is 1.43. The van der Waals surface area contributed by atoms with Crippen molar-refractivity contribution >= 4 is 31.0 Å². The molecule has 2 atom stereocenters. The maximum Gasteiger partial charge on any atom is 0.472 e. The van der Waals surface area contributed by atoms with Crippen molar-refractivity contribution in [2.24, 2.45) is 0 Å². The number of unbranched alkanes of at least 4 members (excludes halogenated alkanes) is 15. The van der Waals surface area contributed by atoms with Crippen molar-refractivity contribution < 1.29 is 32.8 Å². The van der Waals surface area contributed by atoms with Gasteiger partial charge >= 0.3 is 7.82 Å². The van der Waals surface area contributed by atoms with E-state index in [2.05, 4.69) is 11.9 Å². The van der Waals surface area contributed by atoms with E-state index >= 15 is 0 Å². The van der Waals surface area contributed by atoms with E-state index in [4.69, 9.17) is 13.8 Å². The van der Waals surface area contributed by atoms with E-state index in [0.717, 1.165) is 22.7 Å². The lowest BCUT2D eigenvalue weighted by molar-refractivity contribution is -0.143. The molecule has 1 aromatic heterocycles. The molecule has 1 aliphatic heterocycles. The fourth-order valence-electron chi connectivity index (χ4n) is 5.01. The lowest BCUT2D eigenvalue weighted by Gasteiger charge is -2.26. The number of carbonyl (C=O) groups is 2. The summed E-state index contributed by atoms with van der Waals surface area (Å²) in [5.74, 6) is -0.626. The van der Waals surface area contributed by atoms with E-state index < -0.39 is 13.9 Å². The second kappa shape index (κ2) is 22.4. The number of likely N-dealkylation sites (tertiary alicyclic amines) is 1. The Morgan fingerprint density at radius 1 is 0.829 bits per heavy atom. The van der Waals surface area contributed by atoms with Gasteiger partial charge in [0.2, 0.25) is 11.8 Å². The minimum Gasteiger partial charge on any atom is -0.379 e. The van der Waals surface area contributed by atoms with Crippen LogP contribution in [0, 0.1) is 0 Å². The zero-order chi connectivity index (χ0) is 29.6. The zero-order valence-corrected chi connectivity index (χ0v) is 26.9. The van der Waals surface area contributed by atoms with Gasteiger partial charge in [-0.05, 0) is 6.42 Å². The van der Waals surface area contributed by atoms with Gasteiger partial charge in [0.25, 0.3) is 0 Å². The molecule has 1 fully saturated rings. The first kappa shape index (κ1) is 36.0. The highest BCUT2D eigenvalue weighted by molar-refractivity contribution is 7.47. The third-order valence-electron chi connectivity index (χ3n) is 7.39. The molecule has 2 rings (SSSR count). The standard InChI is InChI=1S/C30H53N2O7PS/c1-2-3-4-5-6-7-8-9-10-11-12-13-14-15-16-17-22-37-25-27(32-29(33)18-19-30(32)34)26-39-40(35,36)38-23-20-28-31-21-24-41-28/h21,24,27H,2-20,22-23,25-26H2,1H3,(H,35,36). The van der Waals surface area contributed by atoms with Gasteiger partial charge in [0.1, 0.15) is 0 Å². The average Bonchev–Trinajstić information content (AvgIpc) is 3.59. The maximum absolute atomic E-state index is 12.3. The minimum absolute atomic E-state index is 0.0245. The van der Waals surface area contributed by atoms with Gasteiger partial charge in [0.15, 0.2) is 0 Å². The normalized spacial score (nSPS) is 16.0. The number of hydrogen-bond acceptors (Lipinski definition) is 8. The maximum atomic E-state index is 12.3. The predicted molar refractivity (Wildman–Crippen MR) is 163 cm³/mol. The van der Waals surface area contributed by atoms with E-state index in [-0.39, 0.29) is 44.5 Å². The number of nitrogens with zero attached hydrogens (tertiary/aromatic N) is 2. The fourth-order valence-corrected chi connectivity index (χ4v) is 6.37. The van der Waals surface area contributed by atoms with Crippen molar-refractivity contribution in [2.75, 3.05) is 26.4 Å². The van der Waals surface area contributed by atoms with E-state index in [9.17, 15) is 19.0 Å². The summed E-state index contributed by atoms with van der Waals surface area (Å²) in [6.07, 6.45) is 23.1. The molecule has 1 aromatic rings. The predicted octanol–water partition coefficient (Wildman–Crippen LogP) is 7.61. The monoisotopic (exact) mass is 616 g/mol. The summed E-state index contributed by atoms with van der Waals surface area (Å²) in [5, 5.41) is 2.61. The smallest absolute Gasteiger partial charge is 0.379 e. The molecule has 9 nitrogen and oxygen atoms in total. The highest BCUT2D eigenvalue weighted by atomic mass is 32.1. The van der Waals surface area contributed by atoms with Crippen molar-refractivity contribution in [1.29, 1.82) is 0 Å². The quantitative estimate of drug-likeness (QED) is 0.0610. The number of ether oxygens (including phenoxy) is 1. The third-order valence-corrected chi connectivity index (χ3v) is 9.22. The average molecular weight is 617 g/mol. The van der Waals surface area contributed by atoms with E-state index in [1.807, 2.05) is 5.38 Å². The first-order chi connectivity index (χ1) is 19.9. The Morgan fingerprint density at radius 3 is 1.88 bits per heavy atom. The molecule has 1 N–H and O–H groups in total. The number of phosphoric acid groups is 1. The number of hydrogen-bond donors (Lipinski definition) is 1. The highest BCUT2D eigenvalue weighted by Gasteiger charge is 2.37. The highest BCUT2D eigenvalue weighted by Crippen LogP contribution is 2.43. The van der Waals surface area contributed by atoms with Crippen molar-refractivity contribution in [3.8, 4) is 0 Å². The van der Waals surface area contributed by atoms with E-state index in [1.165, 1.54) is 101 Å². The van der Waals surface area contributed by atoms with Gasteiger partial charge in [-0.15, -0.1) is 11.3 Å². The van der Waals surface area contributed by atoms with Crippen LogP contribution in [0.5, 0.6) is 0 Å². The van der Waals surface area contributed by atoms with Crippen LogP contribution >= 0.6 is 19.2 Å². The molecule has 1 saturated heterocycles. The Labute approximate surface area is 251 Å². The Bertz CT molecular complexity index is 855. The number of imide groups is 1. The Balaban J connectivity index is 1.52. The van der Waals surface area contributed by atoms with Crippen LogP contribution in [-0.4, -0.2) is 59.1 Å². The van der Waals surface area contributed by atoms with Gasteiger partial charge in [-0.2, -0.15) is 0 Å². The summed E-state index contributed by atoms with van der Waals surface area (Å²) in [5.41, 5.74) is 0. The first-order valence-electron chi connectivity index (χ1n) is 15.9. The number of phosphoric ester groups is 1. The Morgan fingerprint density at radius 2 is 1.37 bits per heavy atom. The van der Waals surface area contributed by atoms with Crippen LogP contribution in [0.3, 0.4) is 0 Å². The van der Waals surface area contributed by atoms with Crippen molar-refractivity contribution in [3.63, 3.8) is 0 Å². The second-order valence-electron chi connectivity index (χ2n) is 11.0. The van der Waals surface area contributed by atoms with E-state index in [1.54, 1.807) is 6.20 Å². The van der Waals surface area contributed by atoms with E-state index in [0.29, 0.717) is 13.0 Å². The molecule has 2 unspecified atom stereocenters. The van der Waals surface area contributed by atoms with Gasteiger partial charge in [-0.1, -0.05) is 103 Å². The van der Waals surface area contributed by atoms with Crippen LogP contribution in [-0.2, 0) is 34.4 Å². The Kier molecular flexibility index (Phi) is 19.7. The van der Waals surface area contributed by atoms with Crippen molar-refractivity contribution in [1.82, 2.24) is 9.88 Å². The third kappa shape index (κ3) is 16.9. The summed E-state index contributed by atoms with van der Waals surface area (Å²) in [6, 6.07) is -0.762. The molecule has 11 heteroatoms. The van der Waals surface area contributed by atoms with Crippen LogP contribution in [0.1, 0.15) is 128 Å². The van der Waals surface area contributed by atoms with Crippen LogP contribution in [0.15, 0.2) is 11.6 Å². The van der Waals surface area contributed by atoms with Gasteiger partial charge in [-0.25, -0.2) is 9.55 Å². The van der Waals surface area contributed by atoms with Crippen molar-refractivity contribution in [3.05, 3.63) is 16.6 Å². The number of thiazole rings is 1. The number of amides is 2. The van der Waals surface area contributed by atoms with Gasteiger partial charge in [-0.3, -0.25) is 23.5 Å². The number of aromatic nitrogens is 1. The molecule has 0 spiro atoms. The molecule has 0 saturated carbocycles. The molecule has 0 radical (unpaired) electrons. The second-order valence-corrected chi connectivity index (χ2v) is 13.4. The van der Waals surface area contributed by atoms with Crippen molar-refractivity contribution in [2.45, 2.75) is 135 Å². The van der Waals surface area contributed by atoms with Crippen LogP contribution in [0.25, 0.3) is 0 Å². The summed E-state index contributed by atoms with van der Waals surface area (Å²) in [6.45, 7) is 2.49. The van der Waals surface area contributed by atoms with Crippen LogP contribution in [0.4, 0.5) is 0 Å². The SMILES string of the molecule is CCCCCCCCCCCCCCCCCCOCC(COP(=O)(O)OCCc1nccs1)N1C(=O)CCC1=O. The molecule has 2 heterocycles. The summed E-state index contributed by atoms with van der Waals surface area (Å²) in [7, 11) is -4.35. The fraction of sp³-hybridized carbons (Fsp3) is 0.833.